The summed E-state index contributed by atoms with van der Waals surface area (Å²) >= 11 is 0. The van der Waals surface area contributed by atoms with E-state index in [-0.39, 0.29) is 12.0 Å². The molecule has 4 heteroatoms. The van der Waals surface area contributed by atoms with E-state index in [4.69, 9.17) is 4.74 Å². The minimum Gasteiger partial charge on any atom is -0.468 e. The zero-order valence-electron chi connectivity index (χ0n) is 13.0. The van der Waals surface area contributed by atoms with E-state index in [9.17, 15) is 4.79 Å². The lowest BCUT2D eigenvalue weighted by Gasteiger charge is -2.31. The number of nitrogens with zero attached hydrogens (tertiary/aromatic N) is 1. The number of hydrogen-bond donors (Lipinski definition) is 1. The molecule has 1 N–H and O–H groups in total. The van der Waals surface area contributed by atoms with Crippen molar-refractivity contribution in [3.63, 3.8) is 0 Å². The molecule has 0 aromatic carbocycles. The highest BCUT2D eigenvalue weighted by molar-refractivity contribution is 5.80. The van der Waals surface area contributed by atoms with Crippen molar-refractivity contribution in [3.05, 3.63) is 0 Å². The van der Waals surface area contributed by atoms with Crippen molar-refractivity contribution in [2.24, 2.45) is 0 Å². The average Bonchev–Trinajstić information content (AvgIpc) is 2.26. The second kappa shape index (κ2) is 7.74. The number of methoxy groups -OCH3 is 1. The second-order valence-electron chi connectivity index (χ2n) is 5.80. The first kappa shape index (κ1) is 17.4. The maximum absolute atomic E-state index is 11.9. The lowest BCUT2D eigenvalue weighted by molar-refractivity contribution is -0.148. The van der Waals surface area contributed by atoms with Gasteiger partial charge in [0.1, 0.15) is 5.54 Å². The topological polar surface area (TPSA) is 41.6 Å². The first-order valence-corrected chi connectivity index (χ1v) is 6.79. The summed E-state index contributed by atoms with van der Waals surface area (Å²) in [6, 6.07) is 0.796. The third kappa shape index (κ3) is 5.83. The second-order valence-corrected chi connectivity index (χ2v) is 5.80. The van der Waals surface area contributed by atoms with Crippen LogP contribution in [0.15, 0.2) is 0 Å². The highest BCUT2D eigenvalue weighted by Crippen LogP contribution is 2.16. The molecule has 0 saturated carbocycles. The fourth-order valence-corrected chi connectivity index (χ4v) is 2.04. The lowest BCUT2D eigenvalue weighted by atomic mass is 9.94. The molecule has 0 heterocycles. The van der Waals surface area contributed by atoms with Gasteiger partial charge in [0.05, 0.1) is 7.11 Å². The number of carbonyl (C=O) groups is 1. The SMILES string of the molecule is COC(=O)C(C)(CCCN(C)C(C)C)NC(C)C. The highest BCUT2D eigenvalue weighted by Gasteiger charge is 2.34. The standard InChI is InChI=1S/C14H30N2O2/c1-11(2)15-14(5,13(17)18-7)9-8-10-16(6)12(3)4/h11-12,15H,8-10H2,1-7H3. The third-order valence-corrected chi connectivity index (χ3v) is 3.31. The molecule has 0 bridgehead atoms. The van der Waals surface area contributed by atoms with Crippen LogP contribution in [0.3, 0.4) is 0 Å². The van der Waals surface area contributed by atoms with Gasteiger partial charge in [-0.25, -0.2) is 0 Å². The zero-order valence-corrected chi connectivity index (χ0v) is 13.0. The molecule has 1 unspecified atom stereocenters. The summed E-state index contributed by atoms with van der Waals surface area (Å²) in [5.41, 5.74) is -0.583. The van der Waals surface area contributed by atoms with E-state index in [0.29, 0.717) is 6.04 Å². The predicted octanol–water partition coefficient (Wildman–Crippen LogP) is 2.04. The van der Waals surface area contributed by atoms with Crippen LogP contribution in [-0.2, 0) is 9.53 Å². The number of esters is 1. The summed E-state index contributed by atoms with van der Waals surface area (Å²) in [6.07, 6.45) is 1.76. The number of nitrogens with one attached hydrogen (secondary N) is 1. The quantitative estimate of drug-likeness (QED) is 0.677. The first-order valence-electron chi connectivity index (χ1n) is 6.79. The molecule has 0 aromatic heterocycles. The van der Waals surface area contributed by atoms with Gasteiger partial charge in [-0.15, -0.1) is 0 Å². The van der Waals surface area contributed by atoms with Crippen LogP contribution in [0.4, 0.5) is 0 Å². The summed E-state index contributed by atoms with van der Waals surface area (Å²) in [4.78, 5) is 14.2. The van der Waals surface area contributed by atoms with Crippen LogP contribution >= 0.6 is 0 Å². The molecule has 0 amide bonds. The molecule has 0 aromatic rings. The van der Waals surface area contributed by atoms with Gasteiger partial charge in [0.2, 0.25) is 0 Å². The van der Waals surface area contributed by atoms with Crippen LogP contribution in [0.2, 0.25) is 0 Å². The molecule has 1 atom stereocenters. The highest BCUT2D eigenvalue weighted by atomic mass is 16.5. The summed E-state index contributed by atoms with van der Waals surface area (Å²) in [5, 5.41) is 3.32. The van der Waals surface area contributed by atoms with Gasteiger partial charge in [-0.3, -0.25) is 10.1 Å². The van der Waals surface area contributed by atoms with Crippen molar-refractivity contribution in [3.8, 4) is 0 Å². The van der Waals surface area contributed by atoms with Crippen molar-refractivity contribution >= 4 is 5.97 Å². The van der Waals surface area contributed by atoms with E-state index in [1.54, 1.807) is 0 Å². The van der Waals surface area contributed by atoms with Gasteiger partial charge >= 0.3 is 5.97 Å². The number of hydrogen-bond acceptors (Lipinski definition) is 4. The monoisotopic (exact) mass is 258 g/mol. The normalized spacial score (nSPS) is 15.2. The Bertz CT molecular complexity index is 254. The van der Waals surface area contributed by atoms with E-state index in [2.05, 4.69) is 31.1 Å². The fourth-order valence-electron chi connectivity index (χ4n) is 2.04. The Morgan fingerprint density at radius 3 is 2.28 bits per heavy atom. The van der Waals surface area contributed by atoms with Crippen LogP contribution in [0.25, 0.3) is 0 Å². The van der Waals surface area contributed by atoms with Crippen molar-refractivity contribution < 1.29 is 9.53 Å². The molecule has 0 aliphatic rings. The smallest absolute Gasteiger partial charge is 0.325 e. The van der Waals surface area contributed by atoms with E-state index in [1.807, 2.05) is 20.8 Å². The van der Waals surface area contributed by atoms with E-state index in [0.717, 1.165) is 19.4 Å². The minimum atomic E-state index is -0.583. The van der Waals surface area contributed by atoms with E-state index >= 15 is 0 Å². The Morgan fingerprint density at radius 2 is 1.89 bits per heavy atom. The van der Waals surface area contributed by atoms with Crippen LogP contribution in [0.5, 0.6) is 0 Å². The summed E-state index contributed by atoms with van der Waals surface area (Å²) in [5.74, 6) is -0.177. The molecule has 0 rings (SSSR count). The number of ether oxygens (including phenoxy) is 1. The Morgan fingerprint density at radius 1 is 1.33 bits per heavy atom. The fraction of sp³-hybridized carbons (Fsp3) is 0.929. The van der Waals surface area contributed by atoms with Crippen LogP contribution < -0.4 is 5.32 Å². The van der Waals surface area contributed by atoms with Crippen molar-refractivity contribution in [1.29, 1.82) is 0 Å². The zero-order chi connectivity index (χ0) is 14.3. The first-order chi connectivity index (χ1) is 8.23. The Kier molecular flexibility index (Phi) is 7.48. The summed E-state index contributed by atoms with van der Waals surface area (Å²) < 4.78 is 4.91. The largest absolute Gasteiger partial charge is 0.468 e. The van der Waals surface area contributed by atoms with E-state index in [1.165, 1.54) is 7.11 Å². The predicted molar refractivity (Wildman–Crippen MR) is 75.7 cm³/mol. The number of rotatable bonds is 8. The van der Waals surface area contributed by atoms with Gasteiger partial charge in [-0.05, 0) is 61.1 Å². The maximum atomic E-state index is 11.9. The van der Waals surface area contributed by atoms with Gasteiger partial charge in [-0.1, -0.05) is 0 Å². The molecule has 18 heavy (non-hydrogen) atoms. The van der Waals surface area contributed by atoms with Crippen LogP contribution in [0, 0.1) is 0 Å². The Hall–Kier alpha value is -0.610. The third-order valence-electron chi connectivity index (χ3n) is 3.31. The molecule has 108 valence electrons. The van der Waals surface area contributed by atoms with Gasteiger partial charge in [0.25, 0.3) is 0 Å². The lowest BCUT2D eigenvalue weighted by Crippen LogP contribution is -2.53. The van der Waals surface area contributed by atoms with Crippen LogP contribution in [-0.4, -0.2) is 49.2 Å². The summed E-state index contributed by atoms with van der Waals surface area (Å²) in [6.45, 7) is 11.3. The van der Waals surface area contributed by atoms with Gasteiger partial charge in [0, 0.05) is 12.1 Å². The molecule has 0 radical (unpaired) electrons. The van der Waals surface area contributed by atoms with Crippen molar-refractivity contribution in [1.82, 2.24) is 10.2 Å². The molecular weight excluding hydrogens is 228 g/mol. The van der Waals surface area contributed by atoms with Crippen LogP contribution in [0.1, 0.15) is 47.5 Å². The van der Waals surface area contributed by atoms with Crippen molar-refractivity contribution in [2.45, 2.75) is 65.1 Å². The summed E-state index contributed by atoms with van der Waals surface area (Å²) in [7, 11) is 3.55. The van der Waals surface area contributed by atoms with E-state index < -0.39 is 5.54 Å². The Balaban J connectivity index is 4.38. The molecule has 0 fully saturated rings. The molecule has 4 nitrogen and oxygen atoms in total. The number of carbonyl (C=O) groups excluding carboxylic acids is 1. The van der Waals surface area contributed by atoms with Gasteiger partial charge < -0.3 is 9.64 Å². The average molecular weight is 258 g/mol. The maximum Gasteiger partial charge on any atom is 0.325 e. The molecule has 0 aliphatic heterocycles. The molecule has 0 spiro atoms. The van der Waals surface area contributed by atoms with Crippen molar-refractivity contribution in [2.75, 3.05) is 20.7 Å². The molecular formula is C14H30N2O2. The molecule has 0 saturated heterocycles. The van der Waals surface area contributed by atoms with Gasteiger partial charge in [0.15, 0.2) is 0 Å². The minimum absolute atomic E-state index is 0.177. The Labute approximate surface area is 112 Å². The molecule has 0 aliphatic carbocycles. The van der Waals surface area contributed by atoms with Gasteiger partial charge in [-0.2, -0.15) is 0 Å².